The van der Waals surface area contributed by atoms with Gasteiger partial charge in [-0.05, 0) is 18.9 Å². The molecule has 1 N–H and O–H groups in total. The number of aromatic nitrogens is 2. The molecule has 0 bridgehead atoms. The maximum Gasteiger partial charge on any atom is 0.246 e. The maximum atomic E-state index is 11.9. The van der Waals surface area contributed by atoms with Crippen LogP contribution in [0.1, 0.15) is 26.6 Å². The second kappa shape index (κ2) is 8.24. The number of rotatable bonds is 8. The lowest BCUT2D eigenvalue weighted by Crippen LogP contribution is -2.39. The molecule has 0 aromatic carbocycles. The largest absolute Gasteiger partial charge is 0.347 e. The third kappa shape index (κ3) is 5.41. The molecular weight excluding hydrogens is 268 g/mol. The second-order valence-electron chi connectivity index (χ2n) is 5.22. The van der Waals surface area contributed by atoms with Crippen LogP contribution in [0.3, 0.4) is 0 Å². The van der Waals surface area contributed by atoms with Crippen LogP contribution in [0, 0.1) is 5.92 Å². The van der Waals surface area contributed by atoms with E-state index in [4.69, 9.17) is 0 Å². The smallest absolute Gasteiger partial charge is 0.246 e. The first-order chi connectivity index (χ1) is 9.97. The molecule has 0 aliphatic rings. The van der Waals surface area contributed by atoms with Gasteiger partial charge >= 0.3 is 0 Å². The molecule has 1 aromatic rings. The van der Waals surface area contributed by atoms with Crippen molar-refractivity contribution in [3.63, 3.8) is 0 Å². The van der Waals surface area contributed by atoms with Crippen molar-refractivity contribution in [1.29, 1.82) is 0 Å². The van der Waals surface area contributed by atoms with Crippen LogP contribution < -0.4 is 5.32 Å². The summed E-state index contributed by atoms with van der Waals surface area (Å²) in [4.78, 5) is 29.1. The standard InChI is InChI=1S/C15H24N4O2/c1-5-15(21)18(6-2)11-14(20)17-9-13-16-7-8-19(13)10-12(3)4/h5,7-8,12H,1,6,9-11H2,2-4H3,(H,17,20). The van der Waals surface area contributed by atoms with Crippen LogP contribution in [0.5, 0.6) is 0 Å². The van der Waals surface area contributed by atoms with Crippen molar-refractivity contribution in [3.8, 4) is 0 Å². The third-order valence-corrected chi connectivity index (χ3v) is 3.01. The highest BCUT2D eigenvalue weighted by atomic mass is 16.2. The van der Waals surface area contributed by atoms with Gasteiger partial charge in [-0.1, -0.05) is 20.4 Å². The number of carbonyl (C=O) groups excluding carboxylic acids is 2. The van der Waals surface area contributed by atoms with E-state index in [1.807, 2.05) is 17.7 Å². The number of amides is 2. The van der Waals surface area contributed by atoms with E-state index >= 15 is 0 Å². The number of likely N-dealkylation sites (N-methyl/N-ethyl adjacent to an activating group) is 1. The highest BCUT2D eigenvalue weighted by Gasteiger charge is 2.13. The molecule has 0 unspecified atom stereocenters. The summed E-state index contributed by atoms with van der Waals surface area (Å²) in [5.74, 6) is 0.879. The summed E-state index contributed by atoms with van der Waals surface area (Å²) < 4.78 is 2.03. The van der Waals surface area contributed by atoms with Gasteiger partial charge in [-0.25, -0.2) is 4.98 Å². The molecule has 21 heavy (non-hydrogen) atoms. The van der Waals surface area contributed by atoms with Gasteiger partial charge in [0.15, 0.2) is 0 Å². The molecule has 0 fully saturated rings. The molecule has 6 nitrogen and oxygen atoms in total. The summed E-state index contributed by atoms with van der Waals surface area (Å²) in [6, 6.07) is 0. The fourth-order valence-corrected chi connectivity index (χ4v) is 1.95. The number of hydrogen-bond donors (Lipinski definition) is 1. The molecule has 2 amide bonds. The minimum atomic E-state index is -0.242. The summed E-state index contributed by atoms with van der Waals surface area (Å²) in [5, 5.41) is 2.79. The lowest BCUT2D eigenvalue weighted by Gasteiger charge is -2.18. The Kier molecular flexibility index (Phi) is 6.65. The van der Waals surface area contributed by atoms with Crippen LogP contribution >= 0.6 is 0 Å². The van der Waals surface area contributed by atoms with E-state index in [1.165, 1.54) is 11.0 Å². The predicted octanol–water partition coefficient (Wildman–Crippen LogP) is 1.19. The van der Waals surface area contributed by atoms with Gasteiger partial charge in [0.05, 0.1) is 13.1 Å². The molecule has 0 spiro atoms. The van der Waals surface area contributed by atoms with Gasteiger partial charge in [0.25, 0.3) is 0 Å². The van der Waals surface area contributed by atoms with Gasteiger partial charge in [0, 0.05) is 25.5 Å². The lowest BCUT2D eigenvalue weighted by atomic mass is 10.2. The fourth-order valence-electron chi connectivity index (χ4n) is 1.95. The quantitative estimate of drug-likeness (QED) is 0.732. The average molecular weight is 292 g/mol. The number of imidazole rings is 1. The number of nitrogens with one attached hydrogen (secondary N) is 1. The highest BCUT2D eigenvalue weighted by molar-refractivity contribution is 5.90. The summed E-state index contributed by atoms with van der Waals surface area (Å²) in [7, 11) is 0. The predicted molar refractivity (Wildman–Crippen MR) is 81.4 cm³/mol. The SMILES string of the molecule is C=CC(=O)N(CC)CC(=O)NCc1nccn1CC(C)C. The third-order valence-electron chi connectivity index (χ3n) is 3.01. The Bertz CT molecular complexity index is 494. The van der Waals surface area contributed by atoms with Crippen LogP contribution in [0.4, 0.5) is 0 Å². The topological polar surface area (TPSA) is 67.2 Å². The molecule has 1 aromatic heterocycles. The van der Waals surface area contributed by atoms with E-state index in [2.05, 4.69) is 30.7 Å². The van der Waals surface area contributed by atoms with Crippen LogP contribution in [-0.4, -0.2) is 39.4 Å². The average Bonchev–Trinajstić information content (AvgIpc) is 2.88. The normalized spacial score (nSPS) is 10.5. The number of carbonyl (C=O) groups is 2. The van der Waals surface area contributed by atoms with Crippen LogP contribution in [-0.2, 0) is 22.7 Å². The Balaban J connectivity index is 2.51. The summed E-state index contributed by atoms with van der Waals surface area (Å²) in [6.45, 7) is 11.2. The molecule has 116 valence electrons. The zero-order valence-corrected chi connectivity index (χ0v) is 13.0. The Morgan fingerprint density at radius 1 is 1.52 bits per heavy atom. The molecule has 6 heteroatoms. The van der Waals surface area contributed by atoms with E-state index in [0.29, 0.717) is 19.0 Å². The van der Waals surface area contributed by atoms with E-state index < -0.39 is 0 Å². The molecule has 0 saturated carbocycles. The summed E-state index contributed by atoms with van der Waals surface area (Å²) in [5.41, 5.74) is 0. The first-order valence-electron chi connectivity index (χ1n) is 7.16. The Morgan fingerprint density at radius 3 is 2.81 bits per heavy atom. The molecule has 0 radical (unpaired) electrons. The van der Waals surface area contributed by atoms with Crippen molar-refractivity contribution in [2.24, 2.45) is 5.92 Å². The lowest BCUT2D eigenvalue weighted by molar-refractivity contribution is -0.132. The van der Waals surface area contributed by atoms with Crippen LogP contribution in [0.15, 0.2) is 25.0 Å². The van der Waals surface area contributed by atoms with Crippen molar-refractivity contribution < 1.29 is 9.59 Å². The second-order valence-corrected chi connectivity index (χ2v) is 5.22. The Hall–Kier alpha value is -2.11. The first-order valence-corrected chi connectivity index (χ1v) is 7.16. The first kappa shape index (κ1) is 16.9. The molecule has 1 heterocycles. The molecular formula is C15H24N4O2. The van der Waals surface area contributed by atoms with Crippen molar-refractivity contribution in [3.05, 3.63) is 30.9 Å². The minimum Gasteiger partial charge on any atom is -0.347 e. The summed E-state index contributed by atoms with van der Waals surface area (Å²) >= 11 is 0. The van der Waals surface area contributed by atoms with E-state index in [0.717, 1.165) is 12.4 Å². The fraction of sp³-hybridized carbons (Fsp3) is 0.533. The van der Waals surface area contributed by atoms with Gasteiger partial charge in [0.1, 0.15) is 5.82 Å². The van der Waals surface area contributed by atoms with Crippen LogP contribution in [0.2, 0.25) is 0 Å². The Labute approximate surface area is 125 Å². The monoisotopic (exact) mass is 292 g/mol. The van der Waals surface area contributed by atoms with E-state index in [9.17, 15) is 9.59 Å². The highest BCUT2D eigenvalue weighted by Crippen LogP contribution is 2.03. The molecule has 0 atom stereocenters. The van der Waals surface area contributed by atoms with Crippen molar-refractivity contribution in [2.75, 3.05) is 13.1 Å². The minimum absolute atomic E-state index is 0.0340. The van der Waals surface area contributed by atoms with Gasteiger partial charge in [-0.2, -0.15) is 0 Å². The molecule has 0 saturated heterocycles. The summed E-state index contributed by atoms with van der Waals surface area (Å²) in [6.07, 6.45) is 4.84. The zero-order valence-electron chi connectivity index (χ0n) is 13.0. The van der Waals surface area contributed by atoms with Gasteiger partial charge in [0.2, 0.25) is 11.8 Å². The van der Waals surface area contributed by atoms with Crippen molar-refractivity contribution in [1.82, 2.24) is 19.8 Å². The number of nitrogens with zero attached hydrogens (tertiary/aromatic N) is 3. The van der Waals surface area contributed by atoms with Crippen LogP contribution in [0.25, 0.3) is 0 Å². The molecule has 0 aliphatic heterocycles. The van der Waals surface area contributed by atoms with Gasteiger partial charge in [-0.15, -0.1) is 0 Å². The van der Waals surface area contributed by atoms with Crippen molar-refractivity contribution >= 4 is 11.8 Å². The number of hydrogen-bond acceptors (Lipinski definition) is 3. The molecule has 0 aliphatic carbocycles. The maximum absolute atomic E-state index is 11.9. The van der Waals surface area contributed by atoms with Gasteiger partial charge in [-0.3, -0.25) is 9.59 Å². The van der Waals surface area contributed by atoms with E-state index in [-0.39, 0.29) is 18.4 Å². The van der Waals surface area contributed by atoms with Gasteiger partial charge < -0.3 is 14.8 Å². The molecule has 1 rings (SSSR count). The zero-order chi connectivity index (χ0) is 15.8. The van der Waals surface area contributed by atoms with Crippen molar-refractivity contribution in [2.45, 2.75) is 33.9 Å². The Morgan fingerprint density at radius 2 is 2.24 bits per heavy atom. The van der Waals surface area contributed by atoms with E-state index in [1.54, 1.807) is 6.20 Å².